The highest BCUT2D eigenvalue weighted by Crippen LogP contribution is 2.33. The van der Waals surface area contributed by atoms with Gasteiger partial charge in [-0.15, -0.1) is 0 Å². The van der Waals surface area contributed by atoms with Gasteiger partial charge in [0.25, 0.3) is 0 Å². The molecular formula is C9H3BrCl2FN. The van der Waals surface area contributed by atoms with Gasteiger partial charge in [-0.05, 0) is 28.1 Å². The molecule has 2 rings (SSSR count). The minimum atomic E-state index is -0.442. The van der Waals surface area contributed by atoms with E-state index in [9.17, 15) is 4.39 Å². The zero-order chi connectivity index (χ0) is 10.3. The van der Waals surface area contributed by atoms with Crippen molar-refractivity contribution in [1.82, 2.24) is 4.98 Å². The van der Waals surface area contributed by atoms with Crippen LogP contribution in [0.15, 0.2) is 22.8 Å². The molecule has 0 bridgehead atoms. The molecule has 1 heterocycles. The van der Waals surface area contributed by atoms with E-state index in [2.05, 4.69) is 20.9 Å². The van der Waals surface area contributed by atoms with Gasteiger partial charge < -0.3 is 0 Å². The molecule has 0 atom stereocenters. The molecule has 5 heteroatoms. The fourth-order valence-corrected chi connectivity index (χ4v) is 1.86. The van der Waals surface area contributed by atoms with Crippen molar-refractivity contribution >= 4 is 50.0 Å². The molecule has 1 aromatic heterocycles. The maximum atomic E-state index is 13.6. The zero-order valence-electron chi connectivity index (χ0n) is 6.69. The third-order valence-electron chi connectivity index (χ3n) is 1.82. The topological polar surface area (TPSA) is 12.9 Å². The van der Waals surface area contributed by atoms with Gasteiger partial charge in [-0.25, -0.2) is 4.39 Å². The summed E-state index contributed by atoms with van der Waals surface area (Å²) in [5.74, 6) is -0.442. The Hall–Kier alpha value is -0.380. The molecule has 0 saturated heterocycles. The molecule has 0 aliphatic rings. The Morgan fingerprint density at radius 2 is 2.00 bits per heavy atom. The van der Waals surface area contributed by atoms with Crippen LogP contribution in [0.5, 0.6) is 0 Å². The molecule has 1 nitrogen and oxygen atoms in total. The zero-order valence-corrected chi connectivity index (χ0v) is 9.79. The lowest BCUT2D eigenvalue weighted by molar-refractivity contribution is 0.633. The normalized spacial score (nSPS) is 10.9. The molecule has 0 spiro atoms. The van der Waals surface area contributed by atoms with Crippen molar-refractivity contribution in [2.45, 2.75) is 0 Å². The van der Waals surface area contributed by atoms with E-state index in [-0.39, 0.29) is 15.4 Å². The smallest absolute Gasteiger partial charge is 0.148 e. The summed E-state index contributed by atoms with van der Waals surface area (Å²) in [4.78, 5) is 3.97. The number of hydrogen-bond donors (Lipinski definition) is 0. The van der Waals surface area contributed by atoms with Crippen LogP contribution in [0.25, 0.3) is 10.9 Å². The number of halogens is 4. The minimum absolute atomic E-state index is 0.190. The maximum absolute atomic E-state index is 13.6. The fourth-order valence-electron chi connectivity index (χ4n) is 1.16. The number of benzene rings is 1. The highest BCUT2D eigenvalue weighted by Gasteiger charge is 2.12. The van der Waals surface area contributed by atoms with Gasteiger partial charge in [-0.1, -0.05) is 23.2 Å². The molecule has 1 aromatic carbocycles. The number of nitrogens with zero attached hydrogens (tertiary/aromatic N) is 1. The van der Waals surface area contributed by atoms with Gasteiger partial charge in [-0.2, -0.15) is 0 Å². The number of rotatable bonds is 0. The van der Waals surface area contributed by atoms with Gasteiger partial charge in [0.15, 0.2) is 0 Å². The lowest BCUT2D eigenvalue weighted by Gasteiger charge is -2.04. The first-order valence-corrected chi connectivity index (χ1v) is 5.24. The van der Waals surface area contributed by atoms with Crippen LogP contribution < -0.4 is 0 Å². The van der Waals surface area contributed by atoms with Crippen molar-refractivity contribution in [1.29, 1.82) is 0 Å². The Bertz CT molecular complexity index is 473. The van der Waals surface area contributed by atoms with E-state index in [1.165, 1.54) is 6.20 Å². The largest absolute Gasteiger partial charge is 0.254 e. The van der Waals surface area contributed by atoms with Crippen LogP contribution in [0.2, 0.25) is 10.0 Å². The highest BCUT2D eigenvalue weighted by atomic mass is 79.9. The van der Waals surface area contributed by atoms with Crippen LogP contribution in [-0.4, -0.2) is 4.98 Å². The van der Waals surface area contributed by atoms with Crippen molar-refractivity contribution in [2.24, 2.45) is 0 Å². The molecule has 0 N–H and O–H groups in total. The van der Waals surface area contributed by atoms with Crippen LogP contribution >= 0.6 is 39.1 Å². The van der Waals surface area contributed by atoms with E-state index in [1.807, 2.05) is 0 Å². The third kappa shape index (κ3) is 1.49. The second kappa shape index (κ2) is 3.65. The van der Waals surface area contributed by atoms with Gasteiger partial charge in [0, 0.05) is 6.20 Å². The predicted molar refractivity (Wildman–Crippen MR) is 59.4 cm³/mol. The van der Waals surface area contributed by atoms with E-state index in [0.29, 0.717) is 9.99 Å². The Morgan fingerprint density at radius 3 is 2.71 bits per heavy atom. The van der Waals surface area contributed by atoms with Crippen molar-refractivity contribution < 1.29 is 4.39 Å². The SMILES string of the molecule is Fc1c(Br)ccc2ncc(Cl)c(Cl)c12. The first kappa shape index (κ1) is 10.1. The van der Waals surface area contributed by atoms with Crippen LogP contribution in [-0.2, 0) is 0 Å². The minimum Gasteiger partial charge on any atom is -0.254 e. The van der Waals surface area contributed by atoms with Crippen LogP contribution in [0.3, 0.4) is 0 Å². The average molecular weight is 295 g/mol. The summed E-state index contributed by atoms with van der Waals surface area (Å²) < 4.78 is 14.0. The lowest BCUT2D eigenvalue weighted by Crippen LogP contribution is -1.86. The van der Waals surface area contributed by atoms with Crippen LogP contribution in [0.1, 0.15) is 0 Å². The molecule has 2 aromatic rings. The predicted octanol–water partition coefficient (Wildman–Crippen LogP) is 4.44. The summed E-state index contributed by atoms with van der Waals surface area (Å²) >= 11 is 14.7. The Labute approximate surface area is 98.0 Å². The summed E-state index contributed by atoms with van der Waals surface area (Å²) in [7, 11) is 0. The van der Waals surface area contributed by atoms with Gasteiger partial charge in [0.1, 0.15) is 5.82 Å². The first-order chi connectivity index (χ1) is 6.61. The number of pyridine rings is 1. The number of aromatic nitrogens is 1. The second-order valence-corrected chi connectivity index (χ2v) is 4.32. The van der Waals surface area contributed by atoms with Crippen molar-refractivity contribution in [3.05, 3.63) is 38.7 Å². The molecule has 0 aliphatic heterocycles. The summed E-state index contributed by atoms with van der Waals surface area (Å²) in [6.45, 7) is 0. The summed E-state index contributed by atoms with van der Waals surface area (Å²) in [6.07, 6.45) is 1.40. The van der Waals surface area contributed by atoms with Gasteiger partial charge in [0.2, 0.25) is 0 Å². The standard InChI is InChI=1S/C9H3BrCl2FN/c10-4-1-2-6-7(9(4)13)8(12)5(11)3-14-6/h1-3H. The van der Waals surface area contributed by atoms with Crippen LogP contribution in [0.4, 0.5) is 4.39 Å². The average Bonchev–Trinajstić information content (AvgIpc) is 2.17. The van der Waals surface area contributed by atoms with E-state index in [1.54, 1.807) is 12.1 Å². The van der Waals surface area contributed by atoms with Gasteiger partial charge >= 0.3 is 0 Å². The van der Waals surface area contributed by atoms with Gasteiger partial charge in [-0.3, -0.25) is 4.98 Å². The molecule has 14 heavy (non-hydrogen) atoms. The van der Waals surface area contributed by atoms with Crippen LogP contribution in [0, 0.1) is 5.82 Å². The Kier molecular flexibility index (Phi) is 2.64. The summed E-state index contributed by atoms with van der Waals surface area (Å²) in [6, 6.07) is 3.25. The maximum Gasteiger partial charge on any atom is 0.148 e. The molecule has 0 amide bonds. The van der Waals surface area contributed by atoms with Crippen molar-refractivity contribution in [2.75, 3.05) is 0 Å². The number of fused-ring (bicyclic) bond motifs is 1. The van der Waals surface area contributed by atoms with E-state index in [4.69, 9.17) is 23.2 Å². The second-order valence-electron chi connectivity index (χ2n) is 2.68. The van der Waals surface area contributed by atoms with Gasteiger partial charge in [0.05, 0.1) is 25.4 Å². The summed E-state index contributed by atoms with van der Waals surface area (Å²) in [5.41, 5.74) is 0.486. The monoisotopic (exact) mass is 293 g/mol. The molecule has 0 aliphatic carbocycles. The number of hydrogen-bond acceptors (Lipinski definition) is 1. The van der Waals surface area contributed by atoms with E-state index in [0.717, 1.165) is 0 Å². The van der Waals surface area contributed by atoms with E-state index >= 15 is 0 Å². The molecule has 0 saturated carbocycles. The molecule has 0 unspecified atom stereocenters. The summed E-state index contributed by atoms with van der Waals surface area (Å²) in [5, 5.41) is 0.681. The first-order valence-electron chi connectivity index (χ1n) is 3.69. The molecule has 0 fully saturated rings. The lowest BCUT2D eigenvalue weighted by atomic mass is 10.2. The van der Waals surface area contributed by atoms with Crippen molar-refractivity contribution in [3.63, 3.8) is 0 Å². The Balaban J connectivity index is 2.98. The molecular weight excluding hydrogens is 292 g/mol. The molecule has 72 valence electrons. The Morgan fingerprint density at radius 1 is 1.29 bits per heavy atom. The van der Waals surface area contributed by atoms with Crippen molar-refractivity contribution in [3.8, 4) is 0 Å². The fraction of sp³-hybridized carbons (Fsp3) is 0. The molecule has 0 radical (unpaired) electrons. The quantitative estimate of drug-likeness (QED) is 0.700. The highest BCUT2D eigenvalue weighted by molar-refractivity contribution is 9.10. The van der Waals surface area contributed by atoms with E-state index < -0.39 is 5.82 Å². The third-order valence-corrected chi connectivity index (χ3v) is 3.21.